The Morgan fingerprint density at radius 2 is 1.95 bits per heavy atom. The number of rotatable bonds is 5. The van der Waals surface area contributed by atoms with Crippen molar-refractivity contribution in [3.05, 3.63) is 18.2 Å². The van der Waals surface area contributed by atoms with E-state index >= 15 is 0 Å². The Morgan fingerprint density at radius 3 is 2.60 bits per heavy atom. The van der Waals surface area contributed by atoms with Gasteiger partial charge in [-0.05, 0) is 45.9 Å². The van der Waals surface area contributed by atoms with Crippen LogP contribution in [-0.4, -0.2) is 43.2 Å². The van der Waals surface area contributed by atoms with Gasteiger partial charge in [-0.2, -0.15) is 0 Å². The van der Waals surface area contributed by atoms with Gasteiger partial charge in [-0.25, -0.2) is 0 Å². The molecule has 4 nitrogen and oxygen atoms in total. The molecule has 0 bridgehead atoms. The van der Waals surface area contributed by atoms with Crippen molar-refractivity contribution in [1.82, 2.24) is 4.90 Å². The fourth-order valence-corrected chi connectivity index (χ4v) is 2.87. The molecular weight excluding hydrogens is 250 g/mol. The summed E-state index contributed by atoms with van der Waals surface area (Å²) in [6.07, 6.45) is 0. The standard InChI is InChI=1S/C16H27N3O/c1-12(2)19(13(3)4)8-7-18-9-10-20-16-6-5-14(17)11-15(16)18/h5-6,11-13H,7-10,17H2,1-4H3. The molecule has 2 rings (SSSR count). The van der Waals surface area contributed by atoms with E-state index in [1.807, 2.05) is 18.2 Å². The van der Waals surface area contributed by atoms with Crippen LogP contribution in [0.4, 0.5) is 11.4 Å². The summed E-state index contributed by atoms with van der Waals surface area (Å²) in [6.45, 7) is 12.8. The van der Waals surface area contributed by atoms with Gasteiger partial charge in [0.05, 0.1) is 12.2 Å². The van der Waals surface area contributed by atoms with Gasteiger partial charge >= 0.3 is 0 Å². The monoisotopic (exact) mass is 277 g/mol. The lowest BCUT2D eigenvalue weighted by atomic mass is 10.2. The number of fused-ring (bicyclic) bond motifs is 1. The Labute approximate surface area is 122 Å². The Morgan fingerprint density at radius 1 is 1.25 bits per heavy atom. The normalized spacial score (nSPS) is 14.8. The summed E-state index contributed by atoms with van der Waals surface area (Å²) in [4.78, 5) is 4.90. The molecule has 4 heteroatoms. The van der Waals surface area contributed by atoms with E-state index in [9.17, 15) is 0 Å². The molecule has 2 N–H and O–H groups in total. The van der Waals surface area contributed by atoms with E-state index in [2.05, 4.69) is 37.5 Å². The van der Waals surface area contributed by atoms with E-state index in [0.29, 0.717) is 12.1 Å². The van der Waals surface area contributed by atoms with E-state index in [1.54, 1.807) is 0 Å². The summed E-state index contributed by atoms with van der Waals surface area (Å²) >= 11 is 0. The maximum Gasteiger partial charge on any atom is 0.142 e. The number of nitrogen functional groups attached to an aromatic ring is 1. The first-order chi connectivity index (χ1) is 9.49. The zero-order valence-electron chi connectivity index (χ0n) is 13.1. The number of anilines is 2. The van der Waals surface area contributed by atoms with Gasteiger partial charge in [0.2, 0.25) is 0 Å². The molecule has 0 radical (unpaired) electrons. The van der Waals surface area contributed by atoms with Gasteiger partial charge in [0.1, 0.15) is 12.4 Å². The van der Waals surface area contributed by atoms with Crippen LogP contribution in [0.3, 0.4) is 0 Å². The highest BCUT2D eigenvalue weighted by Crippen LogP contribution is 2.33. The van der Waals surface area contributed by atoms with Crippen molar-refractivity contribution in [1.29, 1.82) is 0 Å². The second kappa shape index (κ2) is 6.35. The third-order valence-electron chi connectivity index (χ3n) is 3.90. The largest absolute Gasteiger partial charge is 0.490 e. The number of hydrogen-bond acceptors (Lipinski definition) is 4. The van der Waals surface area contributed by atoms with Crippen LogP contribution < -0.4 is 15.4 Å². The lowest BCUT2D eigenvalue weighted by Crippen LogP contribution is -2.44. The van der Waals surface area contributed by atoms with Crippen LogP contribution in [0.1, 0.15) is 27.7 Å². The van der Waals surface area contributed by atoms with Crippen LogP contribution in [-0.2, 0) is 0 Å². The van der Waals surface area contributed by atoms with Crippen molar-refractivity contribution in [2.24, 2.45) is 0 Å². The molecule has 1 aromatic carbocycles. The van der Waals surface area contributed by atoms with Crippen molar-refractivity contribution in [2.45, 2.75) is 39.8 Å². The zero-order chi connectivity index (χ0) is 14.7. The van der Waals surface area contributed by atoms with E-state index in [1.165, 1.54) is 0 Å². The van der Waals surface area contributed by atoms with Crippen molar-refractivity contribution in [2.75, 3.05) is 36.9 Å². The third kappa shape index (κ3) is 3.37. The molecule has 0 atom stereocenters. The maximum atomic E-state index is 5.90. The minimum absolute atomic E-state index is 0.566. The van der Waals surface area contributed by atoms with Gasteiger partial charge in [-0.3, -0.25) is 4.90 Å². The molecular formula is C16H27N3O. The van der Waals surface area contributed by atoms with Gasteiger partial charge in [-0.15, -0.1) is 0 Å². The second-order valence-electron chi connectivity index (χ2n) is 5.99. The molecule has 0 fully saturated rings. The van der Waals surface area contributed by atoms with Gasteiger partial charge in [0.25, 0.3) is 0 Å². The third-order valence-corrected chi connectivity index (χ3v) is 3.90. The van der Waals surface area contributed by atoms with E-state index in [4.69, 9.17) is 10.5 Å². The molecule has 20 heavy (non-hydrogen) atoms. The molecule has 0 spiro atoms. The first kappa shape index (κ1) is 15.0. The Kier molecular flexibility index (Phi) is 4.76. The van der Waals surface area contributed by atoms with E-state index in [0.717, 1.165) is 43.4 Å². The quantitative estimate of drug-likeness (QED) is 0.840. The summed E-state index contributed by atoms with van der Waals surface area (Å²) in [5, 5.41) is 0. The van der Waals surface area contributed by atoms with Crippen molar-refractivity contribution in [3.63, 3.8) is 0 Å². The van der Waals surface area contributed by atoms with E-state index in [-0.39, 0.29) is 0 Å². The molecule has 112 valence electrons. The average molecular weight is 277 g/mol. The number of ether oxygens (including phenoxy) is 1. The molecule has 0 saturated heterocycles. The molecule has 0 unspecified atom stereocenters. The summed E-state index contributed by atoms with van der Waals surface area (Å²) in [6, 6.07) is 7.02. The van der Waals surface area contributed by atoms with Crippen LogP contribution >= 0.6 is 0 Å². The predicted molar refractivity (Wildman–Crippen MR) is 85.5 cm³/mol. The lowest BCUT2D eigenvalue weighted by Gasteiger charge is -2.36. The van der Waals surface area contributed by atoms with Gasteiger partial charge in [0, 0.05) is 30.9 Å². The summed E-state index contributed by atoms with van der Waals surface area (Å²) < 4.78 is 5.70. The van der Waals surface area contributed by atoms with Crippen LogP contribution in [0, 0.1) is 0 Å². The van der Waals surface area contributed by atoms with Gasteiger partial charge < -0.3 is 15.4 Å². The Balaban J connectivity index is 2.06. The van der Waals surface area contributed by atoms with Crippen molar-refractivity contribution >= 4 is 11.4 Å². The fourth-order valence-electron chi connectivity index (χ4n) is 2.87. The molecule has 0 aliphatic carbocycles. The maximum absolute atomic E-state index is 5.90. The summed E-state index contributed by atoms with van der Waals surface area (Å²) in [5.41, 5.74) is 7.83. The Hall–Kier alpha value is -1.42. The van der Waals surface area contributed by atoms with Crippen LogP contribution in [0.5, 0.6) is 5.75 Å². The minimum atomic E-state index is 0.566. The van der Waals surface area contributed by atoms with E-state index < -0.39 is 0 Å². The zero-order valence-corrected chi connectivity index (χ0v) is 13.1. The summed E-state index contributed by atoms with van der Waals surface area (Å²) in [5.74, 6) is 0.950. The molecule has 1 aromatic rings. The van der Waals surface area contributed by atoms with Crippen LogP contribution in [0.25, 0.3) is 0 Å². The minimum Gasteiger partial charge on any atom is -0.490 e. The van der Waals surface area contributed by atoms with Gasteiger partial charge in [0.15, 0.2) is 0 Å². The molecule has 1 aliphatic rings. The second-order valence-corrected chi connectivity index (χ2v) is 5.99. The highest BCUT2D eigenvalue weighted by Gasteiger charge is 2.20. The topological polar surface area (TPSA) is 41.7 Å². The number of nitrogens with zero attached hydrogens (tertiary/aromatic N) is 2. The van der Waals surface area contributed by atoms with Crippen molar-refractivity contribution < 1.29 is 4.74 Å². The number of hydrogen-bond donors (Lipinski definition) is 1. The molecule has 1 aliphatic heterocycles. The lowest BCUT2D eigenvalue weighted by molar-refractivity contribution is 0.177. The Bertz CT molecular complexity index is 437. The first-order valence-corrected chi connectivity index (χ1v) is 7.52. The molecule has 1 heterocycles. The highest BCUT2D eigenvalue weighted by atomic mass is 16.5. The van der Waals surface area contributed by atoms with Crippen molar-refractivity contribution in [3.8, 4) is 5.75 Å². The first-order valence-electron chi connectivity index (χ1n) is 7.52. The van der Waals surface area contributed by atoms with Crippen LogP contribution in [0.2, 0.25) is 0 Å². The predicted octanol–water partition coefficient (Wildman–Crippen LogP) is 2.59. The molecule has 0 saturated carbocycles. The number of benzene rings is 1. The van der Waals surface area contributed by atoms with Gasteiger partial charge in [-0.1, -0.05) is 0 Å². The van der Waals surface area contributed by atoms with Crippen LogP contribution in [0.15, 0.2) is 18.2 Å². The smallest absolute Gasteiger partial charge is 0.142 e. The number of nitrogens with two attached hydrogens (primary N) is 1. The fraction of sp³-hybridized carbons (Fsp3) is 0.625. The molecule has 0 aromatic heterocycles. The highest BCUT2D eigenvalue weighted by molar-refractivity contribution is 5.66. The average Bonchev–Trinajstić information content (AvgIpc) is 2.38. The summed E-state index contributed by atoms with van der Waals surface area (Å²) in [7, 11) is 0. The SMILES string of the molecule is CC(C)N(CCN1CCOc2ccc(N)cc21)C(C)C. The molecule has 0 amide bonds.